The van der Waals surface area contributed by atoms with Gasteiger partial charge in [-0.15, -0.1) is 0 Å². The number of carboxylic acid groups (broad SMARTS) is 1. The summed E-state index contributed by atoms with van der Waals surface area (Å²) in [6.45, 7) is 8.63. The summed E-state index contributed by atoms with van der Waals surface area (Å²) in [4.78, 5) is 9.37. The third kappa shape index (κ3) is 27.7. The molecule has 0 atom stereocenters. The Morgan fingerprint density at radius 1 is 0.682 bits per heavy atom. The normalized spacial score (nSPS) is 10.1. The van der Waals surface area contributed by atoms with Crippen LogP contribution >= 0.6 is 0 Å². The number of hydrogen-bond donors (Lipinski definition) is 2. The van der Waals surface area contributed by atoms with Crippen LogP contribution in [0, 0.1) is 0 Å². The maximum atomic E-state index is 9.37. The molecule has 0 aliphatic carbocycles. The van der Waals surface area contributed by atoms with Gasteiger partial charge in [-0.2, -0.15) is 0 Å². The summed E-state index contributed by atoms with van der Waals surface area (Å²) in [6, 6.07) is 0. The first-order chi connectivity index (χ1) is 10.7. The summed E-state index contributed by atoms with van der Waals surface area (Å²) < 4.78 is 0. The van der Waals surface area contributed by atoms with E-state index in [9.17, 15) is 4.79 Å². The zero-order valence-corrected chi connectivity index (χ0v) is 15.5. The first-order valence-corrected chi connectivity index (χ1v) is 9.61. The molecular weight excluding hydrogens is 274 g/mol. The molecule has 22 heavy (non-hydrogen) atoms. The summed E-state index contributed by atoms with van der Waals surface area (Å²) in [7, 11) is 0. The Hall–Kier alpha value is -0.570. The van der Waals surface area contributed by atoms with E-state index in [0.29, 0.717) is 0 Å². The Bertz CT molecular complexity index is 194. The van der Waals surface area contributed by atoms with Crippen molar-refractivity contribution in [1.82, 2.24) is 5.32 Å². The summed E-state index contributed by atoms with van der Waals surface area (Å²) in [5, 5.41) is 11.3. The van der Waals surface area contributed by atoms with Crippen LogP contribution in [-0.4, -0.2) is 24.2 Å². The van der Waals surface area contributed by atoms with Crippen molar-refractivity contribution in [2.24, 2.45) is 0 Å². The van der Waals surface area contributed by atoms with E-state index < -0.39 is 5.97 Å². The van der Waals surface area contributed by atoms with Crippen molar-refractivity contribution in [3.05, 3.63) is 0 Å². The monoisotopic (exact) mass is 315 g/mol. The SMILES string of the molecule is CCC(=O)O.CCCCCCCCNCCCCCCCC. The molecular formula is C19H41NO2. The largest absolute Gasteiger partial charge is 0.481 e. The van der Waals surface area contributed by atoms with Gasteiger partial charge in [0.05, 0.1) is 0 Å². The Kier molecular flexibility index (Phi) is 24.5. The molecule has 0 bridgehead atoms. The van der Waals surface area contributed by atoms with E-state index in [2.05, 4.69) is 19.2 Å². The lowest BCUT2D eigenvalue weighted by Gasteiger charge is -2.04. The third-order valence-corrected chi connectivity index (χ3v) is 3.72. The molecule has 0 radical (unpaired) electrons. The van der Waals surface area contributed by atoms with Gasteiger partial charge in [0.1, 0.15) is 0 Å². The van der Waals surface area contributed by atoms with Crippen LogP contribution in [0.2, 0.25) is 0 Å². The maximum absolute atomic E-state index is 9.37. The quantitative estimate of drug-likeness (QED) is 0.377. The van der Waals surface area contributed by atoms with E-state index >= 15 is 0 Å². The van der Waals surface area contributed by atoms with E-state index in [4.69, 9.17) is 5.11 Å². The fourth-order valence-corrected chi connectivity index (χ4v) is 2.19. The van der Waals surface area contributed by atoms with E-state index in [1.54, 1.807) is 6.92 Å². The van der Waals surface area contributed by atoms with Crippen molar-refractivity contribution < 1.29 is 9.90 Å². The molecule has 0 saturated heterocycles. The number of rotatable bonds is 15. The highest BCUT2D eigenvalue weighted by molar-refractivity contribution is 5.66. The smallest absolute Gasteiger partial charge is 0.303 e. The van der Waals surface area contributed by atoms with Gasteiger partial charge < -0.3 is 10.4 Å². The Balaban J connectivity index is 0. The van der Waals surface area contributed by atoms with Gasteiger partial charge in [-0.3, -0.25) is 4.79 Å². The molecule has 0 saturated carbocycles. The average Bonchev–Trinajstić information content (AvgIpc) is 2.52. The molecule has 0 aliphatic rings. The van der Waals surface area contributed by atoms with Crippen molar-refractivity contribution in [2.75, 3.05) is 13.1 Å². The Labute approximate surface area is 139 Å². The number of carboxylic acids is 1. The lowest BCUT2D eigenvalue weighted by molar-refractivity contribution is -0.136. The zero-order chi connectivity index (χ0) is 16.9. The Morgan fingerprint density at radius 3 is 1.32 bits per heavy atom. The van der Waals surface area contributed by atoms with Crippen LogP contribution in [0.3, 0.4) is 0 Å². The van der Waals surface area contributed by atoms with Gasteiger partial charge >= 0.3 is 5.97 Å². The van der Waals surface area contributed by atoms with E-state index in [1.807, 2.05) is 0 Å². The van der Waals surface area contributed by atoms with Gasteiger partial charge in [0.15, 0.2) is 0 Å². The van der Waals surface area contributed by atoms with Gasteiger partial charge in [-0.1, -0.05) is 85.0 Å². The lowest BCUT2D eigenvalue weighted by atomic mass is 10.1. The van der Waals surface area contributed by atoms with Crippen LogP contribution in [0.15, 0.2) is 0 Å². The third-order valence-electron chi connectivity index (χ3n) is 3.72. The van der Waals surface area contributed by atoms with Gasteiger partial charge in [0.25, 0.3) is 0 Å². The van der Waals surface area contributed by atoms with E-state index in [1.165, 1.54) is 90.1 Å². The van der Waals surface area contributed by atoms with Crippen molar-refractivity contribution in [2.45, 2.75) is 104 Å². The average molecular weight is 316 g/mol. The topological polar surface area (TPSA) is 49.3 Å². The van der Waals surface area contributed by atoms with Crippen LogP contribution < -0.4 is 5.32 Å². The van der Waals surface area contributed by atoms with Crippen LogP contribution in [-0.2, 0) is 4.79 Å². The molecule has 3 heteroatoms. The van der Waals surface area contributed by atoms with Crippen molar-refractivity contribution in [3.63, 3.8) is 0 Å². The summed E-state index contributed by atoms with van der Waals surface area (Å²) in [5.41, 5.74) is 0. The van der Waals surface area contributed by atoms with Crippen LogP contribution in [0.5, 0.6) is 0 Å². The molecule has 0 unspecified atom stereocenters. The number of unbranched alkanes of at least 4 members (excludes halogenated alkanes) is 10. The molecule has 3 nitrogen and oxygen atoms in total. The predicted octanol–water partition coefficient (Wildman–Crippen LogP) is 5.78. The predicted molar refractivity (Wildman–Crippen MR) is 97.5 cm³/mol. The molecule has 0 rings (SSSR count). The van der Waals surface area contributed by atoms with E-state index in [0.717, 1.165) is 0 Å². The van der Waals surface area contributed by atoms with Gasteiger partial charge in [0.2, 0.25) is 0 Å². The highest BCUT2D eigenvalue weighted by atomic mass is 16.4. The van der Waals surface area contributed by atoms with Gasteiger partial charge in [-0.05, 0) is 25.9 Å². The van der Waals surface area contributed by atoms with Crippen LogP contribution in [0.1, 0.15) is 104 Å². The molecule has 0 heterocycles. The highest BCUT2D eigenvalue weighted by Gasteiger charge is 1.92. The number of carbonyl (C=O) groups is 1. The molecule has 0 aromatic heterocycles. The maximum Gasteiger partial charge on any atom is 0.303 e. The highest BCUT2D eigenvalue weighted by Crippen LogP contribution is 2.05. The minimum Gasteiger partial charge on any atom is -0.481 e. The fourth-order valence-electron chi connectivity index (χ4n) is 2.19. The van der Waals surface area contributed by atoms with Crippen molar-refractivity contribution >= 4 is 5.97 Å². The van der Waals surface area contributed by atoms with Gasteiger partial charge in [0, 0.05) is 6.42 Å². The molecule has 0 aliphatic heterocycles. The molecule has 0 spiro atoms. The number of nitrogens with one attached hydrogen (secondary N) is 1. The lowest BCUT2D eigenvalue weighted by Crippen LogP contribution is -2.16. The van der Waals surface area contributed by atoms with E-state index in [-0.39, 0.29) is 6.42 Å². The molecule has 0 amide bonds. The second-order valence-electron chi connectivity index (χ2n) is 6.03. The number of aliphatic carboxylic acids is 1. The van der Waals surface area contributed by atoms with Gasteiger partial charge in [-0.25, -0.2) is 0 Å². The first-order valence-electron chi connectivity index (χ1n) is 9.61. The molecule has 0 aromatic rings. The number of hydrogen-bond acceptors (Lipinski definition) is 2. The summed E-state index contributed by atoms with van der Waals surface area (Å²) in [6.07, 6.45) is 17.1. The first kappa shape index (κ1) is 23.7. The summed E-state index contributed by atoms with van der Waals surface area (Å²) in [5.74, 6) is -0.745. The second-order valence-corrected chi connectivity index (χ2v) is 6.03. The molecule has 0 aromatic carbocycles. The fraction of sp³-hybridized carbons (Fsp3) is 0.947. The molecule has 2 N–H and O–H groups in total. The molecule has 134 valence electrons. The van der Waals surface area contributed by atoms with Crippen LogP contribution in [0.25, 0.3) is 0 Å². The minimum atomic E-state index is -0.745. The second kappa shape index (κ2) is 22.7. The summed E-state index contributed by atoms with van der Waals surface area (Å²) >= 11 is 0. The van der Waals surface area contributed by atoms with Crippen molar-refractivity contribution in [3.8, 4) is 0 Å². The van der Waals surface area contributed by atoms with Crippen molar-refractivity contribution in [1.29, 1.82) is 0 Å². The minimum absolute atomic E-state index is 0.222. The standard InChI is InChI=1S/C16H35N.C3H6O2/c1-3-5-7-9-11-13-15-17-16-14-12-10-8-6-4-2;1-2-3(4)5/h17H,3-16H2,1-2H3;2H2,1H3,(H,4,5). The molecule has 0 fully saturated rings. The Morgan fingerprint density at radius 2 is 1.00 bits per heavy atom. The zero-order valence-electron chi connectivity index (χ0n) is 15.5. The van der Waals surface area contributed by atoms with Crippen LogP contribution in [0.4, 0.5) is 0 Å².